The van der Waals surface area contributed by atoms with Crippen molar-refractivity contribution in [1.82, 2.24) is 25.1 Å². The predicted molar refractivity (Wildman–Crippen MR) is 82.7 cm³/mol. The smallest absolute Gasteiger partial charge is 0.271 e. The van der Waals surface area contributed by atoms with Crippen molar-refractivity contribution in [3.05, 3.63) is 36.0 Å². The summed E-state index contributed by atoms with van der Waals surface area (Å²) in [6, 6.07) is 3.86. The van der Waals surface area contributed by atoms with E-state index in [4.69, 9.17) is 5.26 Å². The number of aryl methyl sites for hydroxylation is 1. The van der Waals surface area contributed by atoms with Gasteiger partial charge < -0.3 is 10.2 Å². The third-order valence-corrected chi connectivity index (χ3v) is 3.86. The van der Waals surface area contributed by atoms with Crippen LogP contribution in [0.1, 0.15) is 29.0 Å². The largest absolute Gasteiger partial charge is 0.354 e. The summed E-state index contributed by atoms with van der Waals surface area (Å²) in [6.07, 6.45) is 6.43. The van der Waals surface area contributed by atoms with Crippen LogP contribution in [0.25, 0.3) is 0 Å². The molecule has 0 bridgehead atoms. The van der Waals surface area contributed by atoms with Gasteiger partial charge in [0.1, 0.15) is 11.8 Å². The SMILES string of the molecule is Cn1ccc(C(=O)NC2CCN(c3nccnc3C#N)CC2)n1. The number of nitrogens with one attached hydrogen (secondary N) is 1. The molecule has 0 unspecified atom stereocenters. The first kappa shape index (κ1) is 15.0. The predicted octanol–water partition coefficient (Wildman–Crippen LogP) is 0.481. The van der Waals surface area contributed by atoms with E-state index < -0.39 is 0 Å². The summed E-state index contributed by atoms with van der Waals surface area (Å²) in [4.78, 5) is 22.4. The molecule has 1 fully saturated rings. The van der Waals surface area contributed by atoms with Crippen molar-refractivity contribution in [3.63, 3.8) is 0 Å². The normalized spacial score (nSPS) is 15.2. The molecule has 0 aromatic carbocycles. The molecule has 1 aliphatic heterocycles. The first-order valence-electron chi connectivity index (χ1n) is 7.44. The van der Waals surface area contributed by atoms with E-state index in [1.54, 1.807) is 30.2 Å². The van der Waals surface area contributed by atoms with Crippen LogP contribution < -0.4 is 10.2 Å². The van der Waals surface area contributed by atoms with Crippen molar-refractivity contribution >= 4 is 11.7 Å². The molecule has 23 heavy (non-hydrogen) atoms. The zero-order valence-electron chi connectivity index (χ0n) is 12.8. The molecule has 118 valence electrons. The number of aromatic nitrogens is 4. The van der Waals surface area contributed by atoms with Gasteiger partial charge in [-0.15, -0.1) is 0 Å². The lowest BCUT2D eigenvalue weighted by molar-refractivity contribution is 0.0925. The van der Waals surface area contributed by atoms with Crippen LogP contribution in [0, 0.1) is 11.3 Å². The molecule has 0 aliphatic carbocycles. The third kappa shape index (κ3) is 3.29. The minimum Gasteiger partial charge on any atom is -0.354 e. The third-order valence-electron chi connectivity index (χ3n) is 3.86. The van der Waals surface area contributed by atoms with Crippen molar-refractivity contribution in [2.45, 2.75) is 18.9 Å². The van der Waals surface area contributed by atoms with Gasteiger partial charge in [0.05, 0.1) is 0 Å². The molecule has 8 heteroatoms. The highest BCUT2D eigenvalue weighted by Crippen LogP contribution is 2.20. The second kappa shape index (κ2) is 6.44. The molecule has 0 saturated carbocycles. The summed E-state index contributed by atoms with van der Waals surface area (Å²) < 4.78 is 1.61. The van der Waals surface area contributed by atoms with E-state index in [2.05, 4.69) is 26.5 Å². The number of nitrogens with zero attached hydrogens (tertiary/aromatic N) is 6. The van der Waals surface area contributed by atoms with Crippen molar-refractivity contribution in [2.24, 2.45) is 7.05 Å². The van der Waals surface area contributed by atoms with E-state index >= 15 is 0 Å². The maximum absolute atomic E-state index is 12.1. The number of anilines is 1. The molecule has 1 saturated heterocycles. The molecule has 1 aliphatic rings. The van der Waals surface area contributed by atoms with Gasteiger partial charge in [-0.3, -0.25) is 9.48 Å². The Morgan fingerprint density at radius 1 is 1.35 bits per heavy atom. The van der Waals surface area contributed by atoms with Crippen LogP contribution in [0.15, 0.2) is 24.7 Å². The Hall–Kier alpha value is -2.95. The fraction of sp³-hybridized carbons (Fsp3) is 0.400. The molecule has 3 rings (SSSR count). The number of hydrogen-bond donors (Lipinski definition) is 1. The van der Waals surface area contributed by atoms with Gasteiger partial charge >= 0.3 is 0 Å². The summed E-state index contributed by atoms with van der Waals surface area (Å²) in [5, 5.41) is 16.2. The second-order valence-electron chi connectivity index (χ2n) is 5.45. The van der Waals surface area contributed by atoms with Crippen molar-refractivity contribution in [3.8, 4) is 6.07 Å². The zero-order valence-corrected chi connectivity index (χ0v) is 12.8. The molecule has 0 spiro atoms. The molecule has 1 amide bonds. The number of hydrogen-bond acceptors (Lipinski definition) is 6. The fourth-order valence-corrected chi connectivity index (χ4v) is 2.67. The molecular formula is C15H17N7O. The summed E-state index contributed by atoms with van der Waals surface area (Å²) >= 11 is 0. The monoisotopic (exact) mass is 311 g/mol. The Morgan fingerprint density at radius 2 is 2.09 bits per heavy atom. The average Bonchev–Trinajstić information content (AvgIpc) is 3.02. The zero-order chi connectivity index (χ0) is 16.2. The average molecular weight is 311 g/mol. The lowest BCUT2D eigenvalue weighted by Gasteiger charge is -2.33. The minimum absolute atomic E-state index is 0.1000. The summed E-state index contributed by atoms with van der Waals surface area (Å²) in [5.74, 6) is 0.464. The maximum atomic E-state index is 12.1. The van der Waals surface area contributed by atoms with Crippen LogP contribution in [-0.2, 0) is 7.05 Å². The highest BCUT2D eigenvalue weighted by atomic mass is 16.2. The van der Waals surface area contributed by atoms with Gasteiger partial charge in [-0.25, -0.2) is 9.97 Å². The van der Waals surface area contributed by atoms with Crippen LogP contribution >= 0.6 is 0 Å². The Kier molecular flexibility index (Phi) is 4.19. The molecular weight excluding hydrogens is 294 g/mol. The van der Waals surface area contributed by atoms with Crippen molar-refractivity contribution in [1.29, 1.82) is 5.26 Å². The van der Waals surface area contributed by atoms with E-state index in [9.17, 15) is 4.79 Å². The van der Waals surface area contributed by atoms with Crippen LogP contribution in [-0.4, -0.2) is 44.8 Å². The quantitative estimate of drug-likeness (QED) is 0.885. The number of carbonyl (C=O) groups excluding carboxylic acids is 1. The van der Waals surface area contributed by atoms with Crippen molar-refractivity contribution < 1.29 is 4.79 Å². The molecule has 2 aromatic heterocycles. The van der Waals surface area contributed by atoms with E-state index in [0.717, 1.165) is 25.9 Å². The Labute approximate surface area is 133 Å². The Balaban J connectivity index is 1.58. The van der Waals surface area contributed by atoms with E-state index in [-0.39, 0.29) is 11.9 Å². The van der Waals surface area contributed by atoms with Crippen LogP contribution in [0.3, 0.4) is 0 Å². The van der Waals surface area contributed by atoms with Crippen LogP contribution in [0.2, 0.25) is 0 Å². The first-order valence-corrected chi connectivity index (χ1v) is 7.44. The second-order valence-corrected chi connectivity index (χ2v) is 5.45. The van der Waals surface area contributed by atoms with Crippen LogP contribution in [0.5, 0.6) is 0 Å². The van der Waals surface area contributed by atoms with Gasteiger partial charge in [-0.05, 0) is 18.9 Å². The standard InChI is InChI=1S/C15H17N7O/c1-21-7-4-12(20-21)15(23)19-11-2-8-22(9-3-11)14-13(10-16)17-5-6-18-14/h4-7,11H,2-3,8-9H2,1H3,(H,19,23). The molecule has 3 heterocycles. The molecule has 0 atom stereocenters. The highest BCUT2D eigenvalue weighted by Gasteiger charge is 2.24. The summed E-state index contributed by atoms with van der Waals surface area (Å²) in [6.45, 7) is 1.45. The van der Waals surface area contributed by atoms with Gasteiger partial charge in [-0.1, -0.05) is 0 Å². The van der Waals surface area contributed by atoms with E-state index in [0.29, 0.717) is 17.2 Å². The molecule has 8 nitrogen and oxygen atoms in total. The Morgan fingerprint density at radius 3 is 2.74 bits per heavy atom. The lowest BCUT2D eigenvalue weighted by Crippen LogP contribution is -2.45. The number of carbonyl (C=O) groups is 1. The lowest BCUT2D eigenvalue weighted by atomic mass is 10.0. The van der Waals surface area contributed by atoms with Gasteiger partial charge in [0.25, 0.3) is 5.91 Å². The minimum atomic E-state index is -0.152. The number of amides is 1. The van der Waals surface area contributed by atoms with Gasteiger partial charge in [0, 0.05) is 44.8 Å². The number of rotatable bonds is 3. The first-order chi connectivity index (χ1) is 11.2. The topological polar surface area (TPSA) is 99.7 Å². The summed E-state index contributed by atoms with van der Waals surface area (Å²) in [7, 11) is 1.78. The van der Waals surface area contributed by atoms with E-state index in [1.807, 2.05) is 4.90 Å². The summed E-state index contributed by atoms with van der Waals surface area (Å²) in [5.41, 5.74) is 0.763. The van der Waals surface area contributed by atoms with Gasteiger partial charge in [-0.2, -0.15) is 10.4 Å². The number of nitriles is 1. The highest BCUT2D eigenvalue weighted by molar-refractivity contribution is 5.92. The fourth-order valence-electron chi connectivity index (χ4n) is 2.67. The van der Waals surface area contributed by atoms with Crippen molar-refractivity contribution in [2.75, 3.05) is 18.0 Å². The number of piperidine rings is 1. The maximum Gasteiger partial charge on any atom is 0.271 e. The van der Waals surface area contributed by atoms with E-state index in [1.165, 1.54) is 6.20 Å². The Bertz CT molecular complexity index is 740. The van der Waals surface area contributed by atoms with Gasteiger partial charge in [0.15, 0.2) is 11.5 Å². The molecule has 1 N–H and O–H groups in total. The van der Waals surface area contributed by atoms with Gasteiger partial charge in [0.2, 0.25) is 0 Å². The molecule has 2 aromatic rings. The molecule has 0 radical (unpaired) electrons. The van der Waals surface area contributed by atoms with Crippen LogP contribution in [0.4, 0.5) is 5.82 Å².